The third-order valence-electron chi connectivity index (χ3n) is 8.45. The van der Waals surface area contributed by atoms with Gasteiger partial charge in [0.25, 0.3) is 0 Å². The van der Waals surface area contributed by atoms with Crippen LogP contribution in [0.2, 0.25) is 0 Å². The number of allylic oxidation sites excluding steroid dienone is 2. The van der Waals surface area contributed by atoms with Gasteiger partial charge in [-0.05, 0) is 125 Å². The number of hydrogen-bond donors (Lipinski definition) is 0. The van der Waals surface area contributed by atoms with Crippen LogP contribution in [0.3, 0.4) is 0 Å². The highest BCUT2D eigenvalue weighted by Gasteiger charge is 2.23. The fourth-order valence-electron chi connectivity index (χ4n) is 6.12. The van der Waals surface area contributed by atoms with Crippen molar-refractivity contribution in [2.24, 2.45) is 0 Å². The van der Waals surface area contributed by atoms with E-state index in [0.29, 0.717) is 24.7 Å². The van der Waals surface area contributed by atoms with Gasteiger partial charge in [0.05, 0.1) is 27.4 Å². The average Bonchev–Trinajstić information content (AvgIpc) is 3.79. The maximum absolute atomic E-state index is 13.3. The van der Waals surface area contributed by atoms with Gasteiger partial charge in [0, 0.05) is 24.2 Å². The number of rotatable bonds is 14. The van der Waals surface area contributed by atoms with Gasteiger partial charge in [-0.3, -0.25) is 4.79 Å². The Balaban J connectivity index is 1.16. The van der Waals surface area contributed by atoms with Crippen molar-refractivity contribution in [1.82, 2.24) is 9.80 Å². The lowest BCUT2D eigenvalue weighted by atomic mass is 10.1. The van der Waals surface area contributed by atoms with Crippen molar-refractivity contribution < 1.29 is 23.7 Å². The zero-order valence-electron chi connectivity index (χ0n) is 25.4. The third-order valence-corrected chi connectivity index (χ3v) is 8.45. The molecule has 42 heavy (non-hydrogen) atoms. The van der Waals surface area contributed by atoms with Gasteiger partial charge in [-0.15, -0.1) is 0 Å². The summed E-state index contributed by atoms with van der Waals surface area (Å²) < 4.78 is 23.3. The van der Waals surface area contributed by atoms with E-state index in [2.05, 4.69) is 9.80 Å². The van der Waals surface area contributed by atoms with Crippen LogP contribution in [-0.2, 0) is 4.79 Å². The van der Waals surface area contributed by atoms with Gasteiger partial charge in [0.1, 0.15) is 0 Å². The number of nitrogens with zero attached hydrogens (tertiary/aromatic N) is 2. The second-order valence-corrected chi connectivity index (χ2v) is 11.5. The number of likely N-dealkylation sites (tertiary alicyclic amines) is 2. The van der Waals surface area contributed by atoms with Gasteiger partial charge in [-0.2, -0.15) is 0 Å². The zero-order valence-corrected chi connectivity index (χ0v) is 25.4. The fourth-order valence-corrected chi connectivity index (χ4v) is 6.12. The number of methoxy groups -OCH3 is 2. The van der Waals surface area contributed by atoms with Crippen LogP contribution >= 0.6 is 0 Å². The topological polar surface area (TPSA) is 60.5 Å². The van der Waals surface area contributed by atoms with Crippen molar-refractivity contribution in [2.75, 3.05) is 66.7 Å². The summed E-state index contributed by atoms with van der Waals surface area (Å²) in [6.07, 6.45) is 12.6. The molecule has 7 heteroatoms. The molecule has 3 aliphatic rings. The molecule has 1 aliphatic carbocycles. The molecule has 2 aromatic carbocycles. The predicted molar refractivity (Wildman–Crippen MR) is 168 cm³/mol. The van der Waals surface area contributed by atoms with Crippen LogP contribution in [0.25, 0.3) is 12.2 Å². The van der Waals surface area contributed by atoms with Gasteiger partial charge in [-0.25, -0.2) is 0 Å². The molecule has 0 aromatic heterocycles. The van der Waals surface area contributed by atoms with E-state index in [1.807, 2.05) is 48.6 Å². The Bertz CT molecular complexity index is 1160. The molecule has 0 N–H and O–H groups in total. The smallest absolute Gasteiger partial charge is 0.185 e. The van der Waals surface area contributed by atoms with E-state index in [0.717, 1.165) is 72.5 Å². The highest BCUT2D eigenvalue weighted by molar-refractivity contribution is 6.15. The van der Waals surface area contributed by atoms with Gasteiger partial charge in [-0.1, -0.05) is 12.1 Å². The van der Waals surface area contributed by atoms with Crippen LogP contribution in [0.5, 0.6) is 23.0 Å². The maximum Gasteiger partial charge on any atom is 0.185 e. The minimum atomic E-state index is 0.0948. The number of benzene rings is 2. The van der Waals surface area contributed by atoms with Crippen LogP contribution in [-0.4, -0.2) is 82.3 Å². The lowest BCUT2D eigenvalue weighted by Crippen LogP contribution is -2.21. The molecule has 0 amide bonds. The molecular weight excluding hydrogens is 528 g/mol. The van der Waals surface area contributed by atoms with E-state index in [4.69, 9.17) is 18.9 Å². The lowest BCUT2D eigenvalue weighted by molar-refractivity contribution is -0.111. The van der Waals surface area contributed by atoms with Crippen LogP contribution in [0.1, 0.15) is 62.5 Å². The fraction of sp³-hybridized carbons (Fsp3) is 0.514. The largest absolute Gasteiger partial charge is 0.493 e. The Morgan fingerprint density at radius 3 is 1.48 bits per heavy atom. The summed E-state index contributed by atoms with van der Waals surface area (Å²) in [7, 11) is 3.31. The SMILES string of the molecule is COc1cc(/C=C2\CC/C(=C\c3ccc(OCCCN4CCCC4)c(OC)c3)C2=O)ccc1OCCCN1CCCC1. The van der Waals surface area contributed by atoms with Crippen molar-refractivity contribution in [2.45, 2.75) is 51.4 Å². The standard InChI is InChI=1S/C35H46N2O5/c1-39-33-25-27(9-13-31(33)41-21-7-19-36-15-3-4-16-36)23-29-11-12-30(35(29)38)24-28-10-14-32(34(26-28)40-2)42-22-8-20-37-17-5-6-18-37/h9-10,13-14,23-26H,3-8,11-12,15-22H2,1-2H3/b29-23+,30-24+. The van der Waals surface area contributed by atoms with Gasteiger partial charge < -0.3 is 28.7 Å². The first-order valence-corrected chi connectivity index (χ1v) is 15.6. The Morgan fingerprint density at radius 2 is 1.07 bits per heavy atom. The molecule has 226 valence electrons. The zero-order chi connectivity index (χ0) is 29.1. The molecule has 2 aromatic rings. The summed E-state index contributed by atoms with van der Waals surface area (Å²) in [6.45, 7) is 8.30. The summed E-state index contributed by atoms with van der Waals surface area (Å²) in [5.74, 6) is 2.96. The molecule has 2 saturated heterocycles. The Labute approximate surface area is 251 Å². The molecule has 5 rings (SSSR count). The minimum absolute atomic E-state index is 0.0948. The van der Waals surface area contributed by atoms with E-state index in [-0.39, 0.29) is 5.78 Å². The summed E-state index contributed by atoms with van der Waals surface area (Å²) in [6, 6.07) is 11.8. The van der Waals surface area contributed by atoms with Gasteiger partial charge >= 0.3 is 0 Å². The summed E-state index contributed by atoms with van der Waals surface area (Å²) >= 11 is 0. The molecule has 2 heterocycles. The Kier molecular flexibility index (Phi) is 11.0. The summed E-state index contributed by atoms with van der Waals surface area (Å²) in [5.41, 5.74) is 3.50. The van der Waals surface area contributed by atoms with Gasteiger partial charge in [0.15, 0.2) is 28.8 Å². The predicted octanol–water partition coefficient (Wildman–Crippen LogP) is 6.26. The number of ketones is 1. The monoisotopic (exact) mass is 574 g/mol. The number of hydrogen-bond acceptors (Lipinski definition) is 7. The molecule has 0 atom stereocenters. The second kappa shape index (κ2) is 15.3. The highest BCUT2D eigenvalue weighted by atomic mass is 16.5. The van der Waals surface area contributed by atoms with Crippen molar-refractivity contribution in [1.29, 1.82) is 0 Å². The lowest BCUT2D eigenvalue weighted by Gasteiger charge is -2.15. The molecule has 7 nitrogen and oxygen atoms in total. The van der Waals surface area contributed by atoms with Crippen LogP contribution in [0, 0.1) is 0 Å². The van der Waals surface area contributed by atoms with E-state index in [9.17, 15) is 4.79 Å². The Hall–Kier alpha value is -3.29. The second-order valence-electron chi connectivity index (χ2n) is 11.5. The summed E-state index contributed by atoms with van der Waals surface area (Å²) in [5, 5.41) is 0. The summed E-state index contributed by atoms with van der Waals surface area (Å²) in [4.78, 5) is 18.3. The Morgan fingerprint density at radius 1 is 0.643 bits per heavy atom. The van der Waals surface area contributed by atoms with E-state index in [1.54, 1.807) is 14.2 Å². The van der Waals surface area contributed by atoms with Crippen LogP contribution in [0.15, 0.2) is 47.5 Å². The van der Waals surface area contributed by atoms with Crippen LogP contribution < -0.4 is 18.9 Å². The number of carbonyl (C=O) groups is 1. The first-order chi connectivity index (χ1) is 20.6. The first-order valence-electron chi connectivity index (χ1n) is 15.6. The molecule has 0 bridgehead atoms. The van der Waals surface area contributed by atoms with Crippen molar-refractivity contribution >= 4 is 17.9 Å². The first kappa shape index (κ1) is 30.2. The van der Waals surface area contributed by atoms with Gasteiger partial charge in [0.2, 0.25) is 0 Å². The van der Waals surface area contributed by atoms with E-state index >= 15 is 0 Å². The molecular formula is C35H46N2O5. The minimum Gasteiger partial charge on any atom is -0.493 e. The van der Waals surface area contributed by atoms with Crippen molar-refractivity contribution in [3.63, 3.8) is 0 Å². The molecule has 1 saturated carbocycles. The van der Waals surface area contributed by atoms with Crippen molar-refractivity contribution in [3.8, 4) is 23.0 Å². The molecule has 0 radical (unpaired) electrons. The molecule has 0 spiro atoms. The number of ether oxygens (including phenoxy) is 4. The van der Waals surface area contributed by atoms with E-state index < -0.39 is 0 Å². The highest BCUT2D eigenvalue weighted by Crippen LogP contribution is 2.34. The maximum atomic E-state index is 13.3. The normalized spacial score (nSPS) is 19.7. The van der Waals surface area contributed by atoms with Crippen molar-refractivity contribution in [3.05, 3.63) is 58.7 Å². The molecule has 0 unspecified atom stereocenters. The van der Waals surface area contributed by atoms with E-state index in [1.165, 1.54) is 51.9 Å². The van der Waals surface area contributed by atoms with Crippen LogP contribution in [0.4, 0.5) is 0 Å². The quantitative estimate of drug-likeness (QED) is 0.195. The number of carbonyl (C=O) groups excluding carboxylic acids is 1. The molecule has 2 aliphatic heterocycles. The number of Topliss-reactive ketones (excluding diaryl/α,β-unsaturated/α-hetero) is 1. The molecule has 3 fully saturated rings. The average molecular weight is 575 g/mol. The third kappa shape index (κ3) is 8.17.